The van der Waals surface area contributed by atoms with Gasteiger partial charge >= 0.3 is 5.97 Å². The molecular formula is C9H9NO2S. The van der Waals surface area contributed by atoms with Gasteiger partial charge in [0.15, 0.2) is 0 Å². The zero-order valence-electron chi connectivity index (χ0n) is 6.81. The maximum atomic E-state index is 10.2. The summed E-state index contributed by atoms with van der Waals surface area (Å²) in [5.41, 5.74) is 0.847. The van der Waals surface area contributed by atoms with Gasteiger partial charge in [-0.2, -0.15) is 0 Å². The van der Waals surface area contributed by atoms with E-state index in [9.17, 15) is 4.79 Å². The molecule has 3 N–H and O–H groups in total. The summed E-state index contributed by atoms with van der Waals surface area (Å²) < 4.78 is 0. The third-order valence-electron chi connectivity index (χ3n) is 1.43. The van der Waals surface area contributed by atoms with Crippen LogP contribution < -0.4 is 5.14 Å². The van der Waals surface area contributed by atoms with Crippen LogP contribution >= 0.6 is 11.9 Å². The highest BCUT2D eigenvalue weighted by Gasteiger charge is 1.91. The van der Waals surface area contributed by atoms with E-state index in [0.29, 0.717) is 0 Å². The number of carbonyl (C=O) groups is 1. The molecule has 0 aliphatic heterocycles. The highest BCUT2D eigenvalue weighted by molar-refractivity contribution is 7.97. The molecule has 13 heavy (non-hydrogen) atoms. The van der Waals surface area contributed by atoms with Crippen molar-refractivity contribution in [2.24, 2.45) is 5.14 Å². The molecule has 0 unspecified atom stereocenters. The summed E-state index contributed by atoms with van der Waals surface area (Å²) in [6, 6.07) is 7.31. The van der Waals surface area contributed by atoms with Crippen molar-refractivity contribution in [2.75, 3.05) is 0 Å². The summed E-state index contributed by atoms with van der Waals surface area (Å²) in [4.78, 5) is 11.1. The molecule has 4 heteroatoms. The predicted octanol–water partition coefficient (Wildman–Crippen LogP) is 1.75. The second-order valence-electron chi connectivity index (χ2n) is 2.36. The van der Waals surface area contributed by atoms with E-state index < -0.39 is 5.97 Å². The van der Waals surface area contributed by atoms with Gasteiger partial charge in [0, 0.05) is 11.0 Å². The van der Waals surface area contributed by atoms with Crippen molar-refractivity contribution >= 4 is 24.0 Å². The van der Waals surface area contributed by atoms with Crippen LogP contribution in [0.4, 0.5) is 0 Å². The van der Waals surface area contributed by atoms with Gasteiger partial charge in [-0.3, -0.25) is 5.14 Å². The van der Waals surface area contributed by atoms with E-state index in [1.807, 2.05) is 24.3 Å². The van der Waals surface area contributed by atoms with Crippen molar-refractivity contribution in [3.05, 3.63) is 35.9 Å². The second kappa shape index (κ2) is 4.69. The molecule has 0 heterocycles. The van der Waals surface area contributed by atoms with Crippen LogP contribution in [-0.2, 0) is 4.79 Å². The van der Waals surface area contributed by atoms with Crippen LogP contribution in [0.1, 0.15) is 5.56 Å². The third kappa shape index (κ3) is 3.31. The number of carboxylic acids is 1. The molecule has 0 radical (unpaired) electrons. The van der Waals surface area contributed by atoms with Gasteiger partial charge in [-0.1, -0.05) is 12.1 Å². The minimum absolute atomic E-state index is 0.847. The normalized spacial score (nSPS) is 10.5. The van der Waals surface area contributed by atoms with Gasteiger partial charge in [0.2, 0.25) is 0 Å². The summed E-state index contributed by atoms with van der Waals surface area (Å²) in [5, 5.41) is 13.7. The Hall–Kier alpha value is -1.26. The Morgan fingerprint density at radius 2 is 2.00 bits per heavy atom. The molecule has 0 aromatic heterocycles. The fourth-order valence-corrected chi connectivity index (χ4v) is 1.12. The van der Waals surface area contributed by atoms with Crippen LogP contribution in [0.3, 0.4) is 0 Å². The zero-order chi connectivity index (χ0) is 9.68. The summed E-state index contributed by atoms with van der Waals surface area (Å²) in [6.07, 6.45) is 2.64. The lowest BCUT2D eigenvalue weighted by atomic mass is 10.2. The smallest absolute Gasteiger partial charge is 0.328 e. The van der Waals surface area contributed by atoms with Crippen LogP contribution in [0.25, 0.3) is 6.08 Å². The lowest BCUT2D eigenvalue weighted by molar-refractivity contribution is -0.131. The van der Waals surface area contributed by atoms with E-state index in [2.05, 4.69) is 0 Å². The molecule has 68 valence electrons. The Balaban J connectivity index is 2.75. The van der Waals surface area contributed by atoms with E-state index in [1.165, 1.54) is 6.08 Å². The first-order valence-electron chi connectivity index (χ1n) is 3.60. The van der Waals surface area contributed by atoms with Gasteiger partial charge in [0.25, 0.3) is 0 Å². The average Bonchev–Trinajstić information content (AvgIpc) is 2.15. The van der Waals surface area contributed by atoms with Crippen molar-refractivity contribution < 1.29 is 9.90 Å². The van der Waals surface area contributed by atoms with Gasteiger partial charge in [-0.15, -0.1) is 0 Å². The monoisotopic (exact) mass is 195 g/mol. The summed E-state index contributed by atoms with van der Waals surface area (Å²) >= 11 is 1.16. The SMILES string of the molecule is NSc1ccc(C=CC(=O)O)cc1. The Kier molecular flexibility index (Phi) is 3.54. The molecule has 0 aliphatic rings. The molecule has 0 saturated carbocycles. The Bertz CT molecular complexity index is 319. The molecule has 0 atom stereocenters. The van der Waals surface area contributed by atoms with Gasteiger partial charge in [-0.25, -0.2) is 4.79 Å². The minimum Gasteiger partial charge on any atom is -0.478 e. The van der Waals surface area contributed by atoms with Gasteiger partial charge in [0.1, 0.15) is 0 Å². The maximum absolute atomic E-state index is 10.2. The molecular weight excluding hydrogens is 186 g/mol. The molecule has 0 amide bonds. The Labute approximate surface area is 80.4 Å². The summed E-state index contributed by atoms with van der Waals surface area (Å²) in [6.45, 7) is 0. The van der Waals surface area contributed by atoms with Crippen LogP contribution in [0.15, 0.2) is 35.2 Å². The number of benzene rings is 1. The zero-order valence-corrected chi connectivity index (χ0v) is 7.62. The van der Waals surface area contributed by atoms with Crippen LogP contribution in [0.2, 0.25) is 0 Å². The number of nitrogens with two attached hydrogens (primary N) is 1. The molecule has 1 aromatic rings. The quantitative estimate of drug-likeness (QED) is 0.569. The fraction of sp³-hybridized carbons (Fsp3) is 0. The standard InChI is InChI=1S/C9H9NO2S/c10-13-8-4-1-7(2-5-8)3-6-9(11)12/h1-6H,10H2,(H,11,12). The van der Waals surface area contributed by atoms with Gasteiger partial charge in [0.05, 0.1) is 0 Å². The average molecular weight is 195 g/mol. The topological polar surface area (TPSA) is 63.3 Å². The third-order valence-corrected chi connectivity index (χ3v) is 1.98. The van der Waals surface area contributed by atoms with E-state index in [0.717, 1.165) is 28.5 Å². The number of aliphatic carboxylic acids is 1. The Morgan fingerprint density at radius 1 is 1.38 bits per heavy atom. The largest absolute Gasteiger partial charge is 0.478 e. The molecule has 1 rings (SSSR count). The van der Waals surface area contributed by atoms with Crippen molar-refractivity contribution in [1.29, 1.82) is 0 Å². The number of carboxylic acid groups (broad SMARTS) is 1. The first kappa shape index (κ1) is 9.83. The van der Waals surface area contributed by atoms with E-state index in [4.69, 9.17) is 10.2 Å². The van der Waals surface area contributed by atoms with E-state index >= 15 is 0 Å². The molecule has 0 bridgehead atoms. The summed E-state index contributed by atoms with van der Waals surface area (Å²) in [5.74, 6) is -0.947. The maximum Gasteiger partial charge on any atom is 0.328 e. The minimum atomic E-state index is -0.947. The highest BCUT2D eigenvalue weighted by Crippen LogP contribution is 2.13. The van der Waals surface area contributed by atoms with Crippen LogP contribution in [-0.4, -0.2) is 11.1 Å². The summed E-state index contributed by atoms with van der Waals surface area (Å²) in [7, 11) is 0. The number of hydrogen-bond donors (Lipinski definition) is 2. The molecule has 0 fully saturated rings. The first-order valence-corrected chi connectivity index (χ1v) is 4.48. The molecule has 0 saturated heterocycles. The first-order chi connectivity index (χ1) is 6.22. The van der Waals surface area contributed by atoms with E-state index in [1.54, 1.807) is 0 Å². The molecule has 0 spiro atoms. The van der Waals surface area contributed by atoms with Crippen molar-refractivity contribution in [3.63, 3.8) is 0 Å². The number of hydrogen-bond acceptors (Lipinski definition) is 3. The van der Waals surface area contributed by atoms with E-state index in [-0.39, 0.29) is 0 Å². The predicted molar refractivity (Wildman–Crippen MR) is 53.2 cm³/mol. The highest BCUT2D eigenvalue weighted by atomic mass is 32.2. The lowest BCUT2D eigenvalue weighted by Crippen LogP contribution is -1.85. The van der Waals surface area contributed by atoms with Crippen molar-refractivity contribution in [3.8, 4) is 0 Å². The van der Waals surface area contributed by atoms with Gasteiger partial charge < -0.3 is 5.11 Å². The van der Waals surface area contributed by atoms with Crippen LogP contribution in [0, 0.1) is 0 Å². The second-order valence-corrected chi connectivity index (χ2v) is 3.07. The van der Waals surface area contributed by atoms with Crippen molar-refractivity contribution in [2.45, 2.75) is 4.90 Å². The number of rotatable bonds is 3. The fourth-order valence-electron chi connectivity index (χ4n) is 0.825. The van der Waals surface area contributed by atoms with Gasteiger partial charge in [-0.05, 0) is 35.7 Å². The molecule has 1 aromatic carbocycles. The molecule has 3 nitrogen and oxygen atoms in total. The molecule has 0 aliphatic carbocycles. The van der Waals surface area contributed by atoms with Crippen LogP contribution in [0.5, 0.6) is 0 Å². The van der Waals surface area contributed by atoms with Crippen molar-refractivity contribution in [1.82, 2.24) is 0 Å². The Morgan fingerprint density at radius 3 is 2.46 bits per heavy atom. The lowest BCUT2D eigenvalue weighted by Gasteiger charge is -1.95.